The number of hydrogen-bond donors (Lipinski definition) is 0. The summed E-state index contributed by atoms with van der Waals surface area (Å²) in [7, 11) is 3.04. The topological polar surface area (TPSA) is 131 Å². The molecule has 0 N–H and O–H groups in total. The Morgan fingerprint density at radius 1 is 0.977 bits per heavy atom. The minimum absolute atomic E-state index is 0.0289. The molecule has 0 atom stereocenters. The standard InChI is InChI=1S/C32H23ClN4O7/c1-41-26-8-5-9-27-24(26)16-29(44-27)31-35-25-7-4-3-6-23(25)32(38)36(31)34-17-20-14-21(33)15-28(42-2)30(20)43-18-19-10-12-22(13-11-19)37(39)40/h3-17H,18H2,1-2H3. The Kier molecular flexibility index (Phi) is 7.69. The van der Waals surface area contributed by atoms with Crippen molar-refractivity contribution in [3.8, 4) is 28.8 Å². The van der Waals surface area contributed by atoms with Crippen molar-refractivity contribution >= 4 is 45.4 Å². The quantitative estimate of drug-likeness (QED) is 0.0986. The van der Waals surface area contributed by atoms with Gasteiger partial charge in [0, 0.05) is 28.8 Å². The van der Waals surface area contributed by atoms with E-state index < -0.39 is 10.5 Å². The minimum Gasteiger partial charge on any atom is -0.496 e. The number of fused-ring (bicyclic) bond motifs is 2. The van der Waals surface area contributed by atoms with E-state index in [1.54, 1.807) is 73.8 Å². The van der Waals surface area contributed by atoms with E-state index in [0.717, 1.165) is 4.68 Å². The number of nitro groups is 1. The van der Waals surface area contributed by atoms with Gasteiger partial charge in [0.15, 0.2) is 17.3 Å². The maximum atomic E-state index is 13.8. The Labute approximate surface area is 254 Å². The predicted octanol–water partition coefficient (Wildman–Crippen LogP) is 6.85. The second-order valence-corrected chi connectivity index (χ2v) is 9.97. The molecule has 0 aliphatic heterocycles. The lowest BCUT2D eigenvalue weighted by atomic mass is 10.2. The van der Waals surface area contributed by atoms with Gasteiger partial charge in [-0.15, -0.1) is 0 Å². The molecule has 0 amide bonds. The number of aromatic nitrogens is 2. The SMILES string of the molecule is COc1cc(Cl)cc(C=Nn2c(-c3cc4c(OC)cccc4o3)nc3ccccc3c2=O)c1OCc1ccc([N+](=O)[O-])cc1. The van der Waals surface area contributed by atoms with Gasteiger partial charge in [0.1, 0.15) is 17.9 Å². The van der Waals surface area contributed by atoms with Crippen LogP contribution in [0.4, 0.5) is 5.69 Å². The van der Waals surface area contributed by atoms with Crippen molar-refractivity contribution in [3.05, 3.63) is 122 Å². The van der Waals surface area contributed by atoms with Gasteiger partial charge in [0.05, 0.1) is 41.6 Å². The van der Waals surface area contributed by atoms with Crippen molar-refractivity contribution in [3.63, 3.8) is 0 Å². The van der Waals surface area contributed by atoms with Crippen LogP contribution in [0, 0.1) is 10.1 Å². The highest BCUT2D eigenvalue weighted by molar-refractivity contribution is 6.31. The first kappa shape index (κ1) is 28.4. The van der Waals surface area contributed by atoms with Gasteiger partial charge in [-0.25, -0.2) is 4.98 Å². The normalized spacial score (nSPS) is 11.3. The van der Waals surface area contributed by atoms with Gasteiger partial charge in [0.25, 0.3) is 11.2 Å². The Morgan fingerprint density at radius 2 is 1.75 bits per heavy atom. The molecule has 0 aliphatic carbocycles. The highest BCUT2D eigenvalue weighted by atomic mass is 35.5. The summed E-state index contributed by atoms with van der Waals surface area (Å²) >= 11 is 6.39. The summed E-state index contributed by atoms with van der Waals surface area (Å²) in [6.45, 7) is 0.0698. The molecule has 0 bridgehead atoms. The second-order valence-electron chi connectivity index (χ2n) is 9.54. The van der Waals surface area contributed by atoms with Crippen molar-refractivity contribution in [2.24, 2.45) is 5.10 Å². The van der Waals surface area contributed by atoms with Crippen LogP contribution < -0.4 is 19.8 Å². The molecule has 6 rings (SSSR count). The molecular weight excluding hydrogens is 588 g/mol. The number of para-hydroxylation sites is 1. The Hall–Kier alpha value is -5.68. The Bertz CT molecular complexity index is 2120. The highest BCUT2D eigenvalue weighted by Crippen LogP contribution is 2.35. The number of hydrogen-bond acceptors (Lipinski definition) is 9. The van der Waals surface area contributed by atoms with Crippen LogP contribution in [0.15, 0.2) is 99.2 Å². The number of nitrogens with zero attached hydrogens (tertiary/aromatic N) is 4. The van der Waals surface area contributed by atoms with Gasteiger partial charge in [-0.2, -0.15) is 9.78 Å². The summed E-state index contributed by atoms with van der Waals surface area (Å²) in [5, 5.41) is 17.0. The number of ether oxygens (including phenoxy) is 3. The minimum atomic E-state index is -0.471. The fourth-order valence-corrected chi connectivity index (χ4v) is 4.91. The van der Waals surface area contributed by atoms with Crippen LogP contribution >= 0.6 is 11.6 Å². The van der Waals surface area contributed by atoms with Crippen molar-refractivity contribution < 1.29 is 23.6 Å². The van der Waals surface area contributed by atoms with Crippen molar-refractivity contribution in [1.29, 1.82) is 0 Å². The van der Waals surface area contributed by atoms with Crippen LogP contribution in [0.1, 0.15) is 11.1 Å². The van der Waals surface area contributed by atoms with Crippen LogP contribution in [0.2, 0.25) is 5.02 Å². The molecule has 44 heavy (non-hydrogen) atoms. The number of nitro benzene ring substituents is 1. The van der Waals surface area contributed by atoms with E-state index in [1.165, 1.54) is 25.5 Å². The monoisotopic (exact) mass is 610 g/mol. The summed E-state index contributed by atoms with van der Waals surface area (Å²) in [6, 6.07) is 23.3. The van der Waals surface area contributed by atoms with Crippen molar-refractivity contribution in [2.45, 2.75) is 6.61 Å². The summed E-state index contributed by atoms with van der Waals surface area (Å²) in [6.07, 6.45) is 1.42. The van der Waals surface area contributed by atoms with Gasteiger partial charge in [0.2, 0.25) is 5.82 Å². The number of halogens is 1. The molecule has 0 aliphatic rings. The smallest absolute Gasteiger partial charge is 0.282 e. The van der Waals surface area contributed by atoms with Gasteiger partial charge in [-0.1, -0.05) is 29.8 Å². The molecule has 0 spiro atoms. The molecule has 0 radical (unpaired) electrons. The number of methoxy groups -OCH3 is 2. The molecule has 4 aromatic carbocycles. The Balaban J connectivity index is 1.45. The molecule has 11 nitrogen and oxygen atoms in total. The third kappa shape index (κ3) is 5.43. The fourth-order valence-electron chi connectivity index (χ4n) is 4.69. The predicted molar refractivity (Wildman–Crippen MR) is 166 cm³/mol. The molecule has 0 unspecified atom stereocenters. The van der Waals surface area contributed by atoms with Gasteiger partial charge >= 0.3 is 0 Å². The molecule has 0 saturated heterocycles. The van der Waals surface area contributed by atoms with Crippen LogP contribution in [0.3, 0.4) is 0 Å². The zero-order valence-corrected chi connectivity index (χ0v) is 24.1. The molecular formula is C32H23ClN4O7. The van der Waals surface area contributed by atoms with Crippen LogP contribution in [0.25, 0.3) is 33.5 Å². The second kappa shape index (κ2) is 11.9. The third-order valence-corrected chi connectivity index (χ3v) is 7.04. The van der Waals surface area contributed by atoms with Crippen LogP contribution in [-0.4, -0.2) is 35.0 Å². The van der Waals surface area contributed by atoms with E-state index in [-0.39, 0.29) is 18.1 Å². The average Bonchev–Trinajstić information content (AvgIpc) is 3.48. The molecule has 2 heterocycles. The number of non-ortho nitro benzene ring substituents is 1. The van der Waals surface area contributed by atoms with Gasteiger partial charge in [-0.05, 0) is 54.1 Å². The van der Waals surface area contributed by atoms with E-state index in [0.29, 0.717) is 61.0 Å². The largest absolute Gasteiger partial charge is 0.496 e. The van der Waals surface area contributed by atoms with E-state index >= 15 is 0 Å². The Morgan fingerprint density at radius 3 is 2.50 bits per heavy atom. The number of rotatable bonds is 9. The van der Waals surface area contributed by atoms with Crippen LogP contribution in [0.5, 0.6) is 17.2 Å². The molecule has 0 fully saturated rings. The molecule has 6 aromatic rings. The highest BCUT2D eigenvalue weighted by Gasteiger charge is 2.19. The van der Waals surface area contributed by atoms with Crippen molar-refractivity contribution in [2.75, 3.05) is 14.2 Å². The summed E-state index contributed by atoms with van der Waals surface area (Å²) in [5.74, 6) is 1.72. The van der Waals surface area contributed by atoms with E-state index in [2.05, 4.69) is 5.10 Å². The average molecular weight is 611 g/mol. The molecule has 2 aromatic heterocycles. The maximum Gasteiger partial charge on any atom is 0.282 e. The molecule has 0 saturated carbocycles. The first-order valence-corrected chi connectivity index (χ1v) is 13.6. The van der Waals surface area contributed by atoms with Crippen molar-refractivity contribution in [1.82, 2.24) is 9.66 Å². The molecule has 12 heteroatoms. The fraction of sp³-hybridized carbons (Fsp3) is 0.0938. The van der Waals surface area contributed by atoms with E-state index in [1.807, 2.05) is 6.07 Å². The van der Waals surface area contributed by atoms with Gasteiger partial charge in [-0.3, -0.25) is 14.9 Å². The lowest BCUT2D eigenvalue weighted by Crippen LogP contribution is -2.20. The summed E-state index contributed by atoms with van der Waals surface area (Å²) < 4.78 is 24.3. The third-order valence-electron chi connectivity index (χ3n) is 6.83. The first-order chi connectivity index (χ1) is 21.4. The zero-order valence-electron chi connectivity index (χ0n) is 23.4. The lowest BCUT2D eigenvalue weighted by Gasteiger charge is -2.14. The first-order valence-electron chi connectivity index (χ1n) is 13.2. The zero-order chi connectivity index (χ0) is 30.8. The summed E-state index contributed by atoms with van der Waals surface area (Å²) in [5.41, 5.74) is 1.68. The van der Waals surface area contributed by atoms with E-state index in [9.17, 15) is 14.9 Å². The van der Waals surface area contributed by atoms with Crippen LogP contribution in [-0.2, 0) is 6.61 Å². The maximum absolute atomic E-state index is 13.8. The van der Waals surface area contributed by atoms with E-state index in [4.69, 9.17) is 35.2 Å². The van der Waals surface area contributed by atoms with Gasteiger partial charge < -0.3 is 18.6 Å². The lowest BCUT2D eigenvalue weighted by molar-refractivity contribution is -0.384. The molecule has 220 valence electrons. The number of furan rings is 1. The number of benzene rings is 4. The summed E-state index contributed by atoms with van der Waals surface area (Å²) in [4.78, 5) is 29.0.